The average molecular weight is 363 g/mol. The van der Waals surface area contributed by atoms with Crippen molar-refractivity contribution in [3.8, 4) is 0 Å². The fraction of sp³-hybridized carbons (Fsp3) is 0.364. The number of fused-ring (bicyclic) bond motifs is 1. The molecule has 0 bridgehead atoms. The second-order valence-electron chi connectivity index (χ2n) is 7.10. The molecule has 2 heterocycles. The molecule has 1 aromatic heterocycles. The molecule has 2 aromatic carbocycles. The van der Waals surface area contributed by atoms with Crippen molar-refractivity contribution in [3.63, 3.8) is 0 Å². The van der Waals surface area contributed by atoms with Gasteiger partial charge in [-0.05, 0) is 43.4 Å². The lowest BCUT2D eigenvalue weighted by Gasteiger charge is -2.23. The van der Waals surface area contributed by atoms with Gasteiger partial charge in [-0.25, -0.2) is 0 Å². The van der Waals surface area contributed by atoms with E-state index in [1.807, 2.05) is 42.5 Å². The Labute approximate surface area is 159 Å². The Bertz CT molecular complexity index is 858. The number of benzene rings is 2. The second kappa shape index (κ2) is 8.25. The van der Waals surface area contributed by atoms with E-state index < -0.39 is 0 Å². The highest BCUT2D eigenvalue weighted by molar-refractivity contribution is 5.76. The molecule has 1 unspecified atom stereocenters. The molecule has 1 atom stereocenters. The first-order valence-corrected chi connectivity index (χ1v) is 9.72. The number of aromatic nitrogens is 1. The van der Waals surface area contributed by atoms with Crippen LogP contribution in [0.25, 0.3) is 11.1 Å². The molecule has 27 heavy (non-hydrogen) atoms. The molecular formula is C22H25N3O2. The van der Waals surface area contributed by atoms with Gasteiger partial charge in [0.15, 0.2) is 5.58 Å². The summed E-state index contributed by atoms with van der Waals surface area (Å²) in [5.74, 6) is 0.121. The first kappa shape index (κ1) is 17.6. The monoisotopic (exact) mass is 363 g/mol. The van der Waals surface area contributed by atoms with Gasteiger partial charge in [-0.3, -0.25) is 4.79 Å². The lowest BCUT2D eigenvalue weighted by atomic mass is 10.1. The van der Waals surface area contributed by atoms with E-state index in [9.17, 15) is 4.79 Å². The summed E-state index contributed by atoms with van der Waals surface area (Å²) in [4.78, 5) is 19.0. The molecule has 0 aliphatic carbocycles. The molecule has 5 nitrogen and oxygen atoms in total. The standard InChI is InChI=1S/C22H25N3O2/c26-21(14-6-10-17-8-2-1-3-9-17)23-16-18-11-7-15-25(18)22-24-19-12-4-5-13-20(19)27-22/h1-5,8-9,12-13,18H,6-7,10-11,14-16H2,(H,23,26). The first-order chi connectivity index (χ1) is 13.3. The molecule has 1 fully saturated rings. The Morgan fingerprint density at radius 2 is 1.96 bits per heavy atom. The van der Waals surface area contributed by atoms with E-state index in [4.69, 9.17) is 4.42 Å². The largest absolute Gasteiger partial charge is 0.423 e. The normalized spacial score (nSPS) is 16.7. The van der Waals surface area contributed by atoms with Gasteiger partial charge in [0.25, 0.3) is 6.01 Å². The molecule has 0 spiro atoms. The topological polar surface area (TPSA) is 58.4 Å². The van der Waals surface area contributed by atoms with E-state index in [-0.39, 0.29) is 11.9 Å². The third kappa shape index (κ3) is 4.30. The predicted octanol–water partition coefficient (Wildman–Crippen LogP) is 3.94. The molecule has 1 saturated heterocycles. The van der Waals surface area contributed by atoms with E-state index >= 15 is 0 Å². The van der Waals surface area contributed by atoms with Crippen LogP contribution in [0, 0.1) is 0 Å². The van der Waals surface area contributed by atoms with Gasteiger partial charge in [-0.1, -0.05) is 42.5 Å². The number of aryl methyl sites for hydroxylation is 1. The van der Waals surface area contributed by atoms with Gasteiger partial charge in [-0.15, -0.1) is 0 Å². The third-order valence-corrected chi connectivity index (χ3v) is 5.15. The Morgan fingerprint density at radius 1 is 1.15 bits per heavy atom. The smallest absolute Gasteiger partial charge is 0.298 e. The van der Waals surface area contributed by atoms with Crippen LogP contribution in [0.4, 0.5) is 6.01 Å². The van der Waals surface area contributed by atoms with Gasteiger partial charge in [0.1, 0.15) is 5.52 Å². The summed E-state index contributed by atoms with van der Waals surface area (Å²) in [6.45, 7) is 1.56. The highest BCUT2D eigenvalue weighted by atomic mass is 16.4. The van der Waals surface area contributed by atoms with Crippen LogP contribution in [0.1, 0.15) is 31.2 Å². The maximum atomic E-state index is 12.2. The van der Waals surface area contributed by atoms with Crippen molar-refractivity contribution in [2.45, 2.75) is 38.1 Å². The summed E-state index contributed by atoms with van der Waals surface area (Å²) in [6.07, 6.45) is 4.50. The molecule has 4 rings (SSSR count). The summed E-state index contributed by atoms with van der Waals surface area (Å²) < 4.78 is 5.91. The molecule has 140 valence electrons. The molecule has 0 radical (unpaired) electrons. The van der Waals surface area contributed by atoms with E-state index in [0.717, 1.165) is 43.3 Å². The SMILES string of the molecule is O=C(CCCc1ccccc1)NCC1CCCN1c1nc2ccccc2o1. The fourth-order valence-electron chi connectivity index (χ4n) is 3.70. The lowest BCUT2D eigenvalue weighted by molar-refractivity contribution is -0.121. The average Bonchev–Trinajstić information content (AvgIpc) is 3.33. The number of nitrogens with zero attached hydrogens (tertiary/aromatic N) is 2. The number of nitrogens with one attached hydrogen (secondary N) is 1. The van der Waals surface area contributed by atoms with E-state index in [1.54, 1.807) is 0 Å². The molecule has 1 N–H and O–H groups in total. The summed E-state index contributed by atoms with van der Waals surface area (Å²) in [5.41, 5.74) is 2.97. The predicted molar refractivity (Wildman–Crippen MR) is 107 cm³/mol. The number of amides is 1. The second-order valence-corrected chi connectivity index (χ2v) is 7.10. The van der Waals surface area contributed by atoms with Crippen LogP contribution in [-0.4, -0.2) is 30.0 Å². The highest BCUT2D eigenvalue weighted by Crippen LogP contribution is 2.27. The number of carbonyl (C=O) groups is 1. The number of carbonyl (C=O) groups excluding carboxylic acids is 1. The molecular weight excluding hydrogens is 338 g/mol. The third-order valence-electron chi connectivity index (χ3n) is 5.15. The minimum Gasteiger partial charge on any atom is -0.423 e. The number of para-hydroxylation sites is 2. The number of rotatable bonds is 7. The molecule has 3 aromatic rings. The van der Waals surface area contributed by atoms with Crippen molar-refractivity contribution in [3.05, 3.63) is 60.2 Å². The van der Waals surface area contributed by atoms with Crippen molar-refractivity contribution < 1.29 is 9.21 Å². The maximum absolute atomic E-state index is 12.2. The van der Waals surface area contributed by atoms with Crippen LogP contribution in [-0.2, 0) is 11.2 Å². The van der Waals surface area contributed by atoms with Crippen molar-refractivity contribution in [1.82, 2.24) is 10.3 Å². The van der Waals surface area contributed by atoms with E-state index in [0.29, 0.717) is 19.0 Å². The summed E-state index contributed by atoms with van der Waals surface area (Å²) >= 11 is 0. The summed E-state index contributed by atoms with van der Waals surface area (Å²) in [6, 6.07) is 19.0. The molecule has 1 amide bonds. The van der Waals surface area contributed by atoms with Gasteiger partial charge in [0, 0.05) is 19.5 Å². The van der Waals surface area contributed by atoms with Crippen molar-refractivity contribution in [2.75, 3.05) is 18.0 Å². The van der Waals surface area contributed by atoms with E-state index in [2.05, 4.69) is 27.3 Å². The lowest BCUT2D eigenvalue weighted by Crippen LogP contribution is -2.40. The first-order valence-electron chi connectivity index (χ1n) is 9.72. The number of oxazole rings is 1. The Morgan fingerprint density at radius 3 is 2.81 bits per heavy atom. The summed E-state index contributed by atoms with van der Waals surface area (Å²) in [5, 5.41) is 3.09. The van der Waals surface area contributed by atoms with Gasteiger partial charge in [0.05, 0.1) is 6.04 Å². The quantitative estimate of drug-likeness (QED) is 0.691. The summed E-state index contributed by atoms with van der Waals surface area (Å²) in [7, 11) is 0. The van der Waals surface area contributed by atoms with Crippen molar-refractivity contribution in [1.29, 1.82) is 0 Å². The zero-order valence-corrected chi connectivity index (χ0v) is 15.4. The van der Waals surface area contributed by atoms with Crippen LogP contribution in [0.3, 0.4) is 0 Å². The van der Waals surface area contributed by atoms with Gasteiger partial charge < -0.3 is 14.6 Å². The molecule has 1 aliphatic rings. The van der Waals surface area contributed by atoms with Gasteiger partial charge >= 0.3 is 0 Å². The zero-order valence-electron chi connectivity index (χ0n) is 15.4. The number of hydrogen-bond acceptors (Lipinski definition) is 4. The highest BCUT2D eigenvalue weighted by Gasteiger charge is 2.28. The fourth-order valence-corrected chi connectivity index (χ4v) is 3.70. The van der Waals surface area contributed by atoms with Crippen LogP contribution in [0.15, 0.2) is 59.0 Å². The van der Waals surface area contributed by atoms with Gasteiger partial charge in [0.2, 0.25) is 5.91 Å². The van der Waals surface area contributed by atoms with Gasteiger partial charge in [-0.2, -0.15) is 4.98 Å². The minimum atomic E-state index is 0.121. The molecule has 5 heteroatoms. The zero-order chi connectivity index (χ0) is 18.5. The van der Waals surface area contributed by atoms with Crippen LogP contribution < -0.4 is 10.2 Å². The van der Waals surface area contributed by atoms with E-state index in [1.165, 1.54) is 5.56 Å². The van der Waals surface area contributed by atoms with Crippen LogP contribution >= 0.6 is 0 Å². The Kier molecular flexibility index (Phi) is 5.37. The molecule has 0 saturated carbocycles. The van der Waals surface area contributed by atoms with Crippen LogP contribution in [0.5, 0.6) is 0 Å². The number of anilines is 1. The maximum Gasteiger partial charge on any atom is 0.298 e. The van der Waals surface area contributed by atoms with Crippen molar-refractivity contribution >= 4 is 23.0 Å². The number of hydrogen-bond donors (Lipinski definition) is 1. The van der Waals surface area contributed by atoms with Crippen molar-refractivity contribution in [2.24, 2.45) is 0 Å². The van der Waals surface area contributed by atoms with Crippen LogP contribution in [0.2, 0.25) is 0 Å². The Balaban J connectivity index is 1.27. The minimum absolute atomic E-state index is 0.121. The Hall–Kier alpha value is -2.82. The molecule has 1 aliphatic heterocycles.